The van der Waals surface area contributed by atoms with Crippen molar-refractivity contribution < 1.29 is 9.53 Å². The van der Waals surface area contributed by atoms with Crippen LogP contribution in [-0.2, 0) is 17.6 Å². The number of aromatic nitrogens is 3. The number of hydrogen-bond donors (Lipinski definition) is 1. The zero-order valence-corrected chi connectivity index (χ0v) is 20.5. The maximum Gasteiger partial charge on any atom is 0.239 e. The Bertz CT molecular complexity index is 1000. The van der Waals surface area contributed by atoms with Crippen LogP contribution in [0.3, 0.4) is 0 Å². The average molecular weight is 453 g/mol. The Labute approximate surface area is 196 Å². The lowest BCUT2D eigenvalue weighted by Gasteiger charge is -2.30. The van der Waals surface area contributed by atoms with Crippen LogP contribution in [0.25, 0.3) is 11.5 Å². The number of anilines is 1. The van der Waals surface area contributed by atoms with Crippen molar-refractivity contribution >= 4 is 11.7 Å². The summed E-state index contributed by atoms with van der Waals surface area (Å²) in [7, 11) is 4.05. The molecule has 8 nitrogen and oxygen atoms in total. The molecule has 1 amide bonds. The standard InChI is InChI=1S/C25H36N6O2/c1-25(2,3)29-22(32)16-31(5)24-19-9-6-10-20(19)27-23(28-24)21-14-17(11-12-26-21)33-18-8-7-13-30(4)15-18/h11-12,14,18H,6-10,13,15-16H2,1-5H3,(H,29,32). The number of nitrogens with one attached hydrogen (secondary N) is 1. The summed E-state index contributed by atoms with van der Waals surface area (Å²) < 4.78 is 6.26. The summed E-state index contributed by atoms with van der Waals surface area (Å²) in [5.41, 5.74) is 2.62. The predicted molar refractivity (Wildman–Crippen MR) is 130 cm³/mol. The number of fused-ring (bicyclic) bond motifs is 1. The maximum atomic E-state index is 12.5. The molecule has 1 unspecified atom stereocenters. The first-order valence-corrected chi connectivity index (χ1v) is 11.9. The molecule has 0 bridgehead atoms. The summed E-state index contributed by atoms with van der Waals surface area (Å²) in [5.74, 6) is 2.17. The van der Waals surface area contributed by atoms with Crippen LogP contribution >= 0.6 is 0 Å². The van der Waals surface area contributed by atoms with Crippen LogP contribution in [0.1, 0.15) is 51.3 Å². The molecule has 1 aliphatic carbocycles. The van der Waals surface area contributed by atoms with Crippen molar-refractivity contribution in [2.45, 2.75) is 64.5 Å². The molecule has 2 aliphatic rings. The second-order valence-electron chi connectivity index (χ2n) is 10.3. The smallest absolute Gasteiger partial charge is 0.239 e. The first-order chi connectivity index (χ1) is 15.7. The van der Waals surface area contributed by atoms with Gasteiger partial charge in [-0.15, -0.1) is 0 Å². The van der Waals surface area contributed by atoms with Gasteiger partial charge in [-0.2, -0.15) is 0 Å². The van der Waals surface area contributed by atoms with E-state index in [1.807, 2.05) is 44.9 Å². The van der Waals surface area contributed by atoms with Crippen LogP contribution in [0.2, 0.25) is 0 Å². The minimum Gasteiger partial charge on any atom is -0.489 e. The molecule has 0 spiro atoms. The van der Waals surface area contributed by atoms with Gasteiger partial charge in [-0.3, -0.25) is 9.78 Å². The quantitative estimate of drug-likeness (QED) is 0.722. The predicted octanol–water partition coefficient (Wildman–Crippen LogP) is 2.85. The van der Waals surface area contributed by atoms with Crippen molar-refractivity contribution in [3.05, 3.63) is 29.6 Å². The Morgan fingerprint density at radius 2 is 2.09 bits per heavy atom. The number of pyridine rings is 1. The number of rotatable bonds is 6. The number of nitrogens with zero attached hydrogens (tertiary/aromatic N) is 5. The number of carbonyl (C=O) groups excluding carboxylic acids is 1. The monoisotopic (exact) mass is 452 g/mol. The number of likely N-dealkylation sites (N-methyl/N-ethyl adjacent to an activating group) is 2. The Morgan fingerprint density at radius 1 is 1.27 bits per heavy atom. The second kappa shape index (κ2) is 9.63. The molecule has 1 aliphatic heterocycles. The van der Waals surface area contributed by atoms with Gasteiger partial charge in [0.25, 0.3) is 0 Å². The van der Waals surface area contributed by atoms with E-state index in [1.54, 1.807) is 6.20 Å². The van der Waals surface area contributed by atoms with E-state index in [9.17, 15) is 4.79 Å². The maximum absolute atomic E-state index is 12.5. The molecule has 4 rings (SSSR count). The van der Waals surface area contributed by atoms with Gasteiger partial charge in [0.2, 0.25) is 5.91 Å². The van der Waals surface area contributed by atoms with Crippen molar-refractivity contribution in [2.24, 2.45) is 0 Å². The van der Waals surface area contributed by atoms with Crippen LogP contribution in [0.15, 0.2) is 18.3 Å². The van der Waals surface area contributed by atoms with E-state index < -0.39 is 0 Å². The fraction of sp³-hybridized carbons (Fsp3) is 0.600. The number of aryl methyl sites for hydroxylation is 1. The minimum atomic E-state index is -0.270. The minimum absolute atomic E-state index is 0.0251. The fourth-order valence-electron chi connectivity index (χ4n) is 4.61. The summed E-state index contributed by atoms with van der Waals surface area (Å²) in [6, 6.07) is 3.83. The average Bonchev–Trinajstić information content (AvgIpc) is 3.20. The highest BCUT2D eigenvalue weighted by molar-refractivity contribution is 5.82. The summed E-state index contributed by atoms with van der Waals surface area (Å²) >= 11 is 0. The number of amides is 1. The van der Waals surface area contributed by atoms with Crippen molar-refractivity contribution in [1.82, 2.24) is 25.2 Å². The molecule has 2 aromatic heterocycles. The van der Waals surface area contributed by atoms with Crippen LogP contribution in [0, 0.1) is 0 Å². The summed E-state index contributed by atoms with van der Waals surface area (Å²) in [5, 5.41) is 3.03. The van der Waals surface area contributed by atoms with E-state index in [0.717, 1.165) is 68.0 Å². The van der Waals surface area contributed by atoms with E-state index in [4.69, 9.17) is 14.7 Å². The van der Waals surface area contributed by atoms with E-state index in [-0.39, 0.29) is 24.1 Å². The Kier molecular flexibility index (Phi) is 6.83. The summed E-state index contributed by atoms with van der Waals surface area (Å²) in [6.07, 6.45) is 7.05. The van der Waals surface area contributed by atoms with Crippen molar-refractivity contribution in [2.75, 3.05) is 38.6 Å². The second-order valence-corrected chi connectivity index (χ2v) is 10.3. The molecule has 1 saturated heterocycles. The van der Waals surface area contributed by atoms with Crippen molar-refractivity contribution in [3.8, 4) is 17.3 Å². The topological polar surface area (TPSA) is 83.5 Å². The first kappa shape index (κ1) is 23.4. The Balaban J connectivity index is 1.57. The Hall–Kier alpha value is -2.74. The highest BCUT2D eigenvalue weighted by Gasteiger charge is 2.25. The van der Waals surface area contributed by atoms with Gasteiger partial charge in [-0.1, -0.05) is 0 Å². The van der Waals surface area contributed by atoms with E-state index >= 15 is 0 Å². The molecule has 33 heavy (non-hydrogen) atoms. The molecule has 1 fully saturated rings. The number of hydrogen-bond acceptors (Lipinski definition) is 7. The van der Waals surface area contributed by atoms with Crippen LogP contribution < -0.4 is 15.0 Å². The van der Waals surface area contributed by atoms with Gasteiger partial charge < -0.3 is 19.9 Å². The van der Waals surface area contributed by atoms with E-state index in [2.05, 4.69) is 22.2 Å². The molecule has 178 valence electrons. The zero-order valence-electron chi connectivity index (χ0n) is 20.5. The fourth-order valence-corrected chi connectivity index (χ4v) is 4.61. The highest BCUT2D eigenvalue weighted by Crippen LogP contribution is 2.31. The summed E-state index contributed by atoms with van der Waals surface area (Å²) in [6.45, 7) is 8.24. The number of ether oxygens (including phenoxy) is 1. The summed E-state index contributed by atoms with van der Waals surface area (Å²) in [4.78, 5) is 31.0. The molecular weight excluding hydrogens is 416 g/mol. The lowest BCUT2D eigenvalue weighted by molar-refractivity contribution is -0.121. The molecule has 0 aromatic carbocycles. The van der Waals surface area contributed by atoms with Gasteiger partial charge in [0.05, 0.1) is 6.54 Å². The zero-order chi connectivity index (χ0) is 23.6. The van der Waals surface area contributed by atoms with Gasteiger partial charge in [0, 0.05) is 42.7 Å². The lowest BCUT2D eigenvalue weighted by atomic mass is 10.1. The molecule has 8 heteroatoms. The third kappa shape index (κ3) is 5.99. The highest BCUT2D eigenvalue weighted by atomic mass is 16.5. The molecule has 3 heterocycles. The number of carbonyl (C=O) groups is 1. The Morgan fingerprint density at radius 3 is 2.85 bits per heavy atom. The van der Waals surface area contributed by atoms with Gasteiger partial charge in [-0.05, 0) is 72.5 Å². The third-order valence-electron chi connectivity index (χ3n) is 6.01. The van der Waals surface area contributed by atoms with Crippen LogP contribution in [0.5, 0.6) is 5.75 Å². The number of likely N-dealkylation sites (tertiary alicyclic amines) is 1. The first-order valence-electron chi connectivity index (χ1n) is 11.9. The van der Waals surface area contributed by atoms with Gasteiger partial charge in [-0.25, -0.2) is 9.97 Å². The van der Waals surface area contributed by atoms with E-state index in [0.29, 0.717) is 11.5 Å². The molecule has 0 saturated carbocycles. The SMILES string of the molecule is CN1CCCC(Oc2ccnc(-c3nc4c(c(N(C)CC(=O)NC(C)(C)C)n3)CCC4)c2)C1. The number of piperidine rings is 1. The lowest BCUT2D eigenvalue weighted by Crippen LogP contribution is -2.45. The molecule has 1 N–H and O–H groups in total. The van der Waals surface area contributed by atoms with Gasteiger partial charge >= 0.3 is 0 Å². The van der Waals surface area contributed by atoms with E-state index in [1.165, 1.54) is 0 Å². The van der Waals surface area contributed by atoms with Gasteiger partial charge in [0.1, 0.15) is 23.4 Å². The van der Waals surface area contributed by atoms with Crippen molar-refractivity contribution in [1.29, 1.82) is 0 Å². The van der Waals surface area contributed by atoms with Crippen LogP contribution in [0.4, 0.5) is 5.82 Å². The van der Waals surface area contributed by atoms with Crippen molar-refractivity contribution in [3.63, 3.8) is 0 Å². The molecule has 2 aromatic rings. The largest absolute Gasteiger partial charge is 0.489 e. The molecular formula is C25H36N6O2. The van der Waals surface area contributed by atoms with Crippen LogP contribution in [-0.4, -0.2) is 71.1 Å². The van der Waals surface area contributed by atoms with Gasteiger partial charge in [0.15, 0.2) is 5.82 Å². The molecule has 1 atom stereocenters. The molecule has 0 radical (unpaired) electrons. The normalized spacial score (nSPS) is 18.6. The third-order valence-corrected chi connectivity index (χ3v) is 6.01.